The molecule has 2 N–H and O–H groups in total. The molecule has 3 aromatic carbocycles. The van der Waals surface area contributed by atoms with Gasteiger partial charge in [0.15, 0.2) is 0 Å². The van der Waals surface area contributed by atoms with Gasteiger partial charge in [-0.15, -0.1) is 0 Å². The average molecular weight is 430 g/mol. The first-order chi connectivity index (χ1) is 15.0. The van der Waals surface area contributed by atoms with Crippen molar-refractivity contribution in [1.82, 2.24) is 15.0 Å². The van der Waals surface area contributed by atoms with E-state index in [4.69, 9.17) is 16.3 Å². The van der Waals surface area contributed by atoms with Crippen LogP contribution in [0.1, 0.15) is 15.9 Å². The van der Waals surface area contributed by atoms with E-state index in [2.05, 4.69) is 15.0 Å². The molecule has 2 heterocycles. The number of carboxylic acids is 1. The van der Waals surface area contributed by atoms with Crippen molar-refractivity contribution in [3.8, 4) is 22.9 Å². The molecule has 0 aliphatic carbocycles. The van der Waals surface area contributed by atoms with Crippen molar-refractivity contribution in [3.63, 3.8) is 0 Å². The largest absolute Gasteiger partial charge is 0.478 e. The monoisotopic (exact) mass is 429 g/mol. The van der Waals surface area contributed by atoms with Crippen molar-refractivity contribution in [2.75, 3.05) is 0 Å². The number of aryl methyl sites for hydroxylation is 1. The van der Waals surface area contributed by atoms with Crippen molar-refractivity contribution in [3.05, 3.63) is 83.0 Å². The van der Waals surface area contributed by atoms with Gasteiger partial charge in [-0.1, -0.05) is 29.8 Å². The minimum Gasteiger partial charge on any atom is -0.478 e. The smallest absolute Gasteiger partial charge is 0.336 e. The number of halogens is 1. The van der Waals surface area contributed by atoms with Gasteiger partial charge >= 0.3 is 5.97 Å². The molecular formula is C24H16ClN3O3. The first kappa shape index (κ1) is 19.1. The van der Waals surface area contributed by atoms with Crippen LogP contribution in [0, 0.1) is 6.92 Å². The van der Waals surface area contributed by atoms with E-state index in [0.29, 0.717) is 21.9 Å². The van der Waals surface area contributed by atoms with Crippen LogP contribution >= 0.6 is 11.6 Å². The summed E-state index contributed by atoms with van der Waals surface area (Å²) in [6.45, 7) is 1.74. The Balaban J connectivity index is 1.52. The second-order valence-electron chi connectivity index (χ2n) is 7.19. The molecule has 0 atom stereocenters. The molecule has 6 nitrogen and oxygen atoms in total. The molecule has 0 radical (unpaired) electrons. The average Bonchev–Trinajstić information content (AvgIpc) is 3.15. The summed E-state index contributed by atoms with van der Waals surface area (Å²) in [5, 5.41) is 10.9. The Bertz CT molecular complexity index is 1480. The number of H-pyrrole nitrogens is 1. The van der Waals surface area contributed by atoms with Gasteiger partial charge in [-0.3, -0.25) is 4.98 Å². The van der Waals surface area contributed by atoms with E-state index in [1.807, 2.05) is 36.4 Å². The van der Waals surface area contributed by atoms with E-state index in [-0.39, 0.29) is 11.6 Å². The highest BCUT2D eigenvalue weighted by Crippen LogP contribution is 2.34. The summed E-state index contributed by atoms with van der Waals surface area (Å²) in [5.74, 6) is -0.620. The van der Waals surface area contributed by atoms with Crippen LogP contribution in [0.3, 0.4) is 0 Å². The lowest BCUT2D eigenvalue weighted by molar-refractivity contribution is 0.0695. The summed E-state index contributed by atoms with van der Waals surface area (Å²) in [7, 11) is 0. The molecule has 0 bridgehead atoms. The molecule has 0 amide bonds. The van der Waals surface area contributed by atoms with E-state index in [1.165, 1.54) is 6.07 Å². The third-order valence-corrected chi connectivity index (χ3v) is 5.43. The molecule has 5 rings (SSSR count). The van der Waals surface area contributed by atoms with E-state index >= 15 is 0 Å². The highest BCUT2D eigenvalue weighted by molar-refractivity contribution is 6.34. The lowest BCUT2D eigenvalue weighted by Crippen LogP contribution is -2.00. The van der Waals surface area contributed by atoms with Gasteiger partial charge in [0.05, 0.1) is 27.1 Å². The fourth-order valence-electron chi connectivity index (χ4n) is 3.53. The van der Waals surface area contributed by atoms with Crippen LogP contribution in [-0.4, -0.2) is 26.0 Å². The normalized spacial score (nSPS) is 11.2. The van der Waals surface area contributed by atoms with Gasteiger partial charge in [0.2, 0.25) is 0 Å². The number of hydrogen-bond acceptors (Lipinski definition) is 4. The van der Waals surface area contributed by atoms with Crippen molar-refractivity contribution in [2.24, 2.45) is 0 Å². The van der Waals surface area contributed by atoms with E-state index < -0.39 is 5.97 Å². The van der Waals surface area contributed by atoms with Crippen LogP contribution in [0.25, 0.3) is 33.1 Å². The van der Waals surface area contributed by atoms with Gasteiger partial charge in [0, 0.05) is 17.1 Å². The SMILES string of the molecule is Cc1ccc(Oc2nc3cc(-c4ccc5ncccc5c4)c(Cl)cc3[nH]2)cc1C(=O)O. The number of aromatic carboxylic acids is 1. The molecule has 0 saturated heterocycles. The Morgan fingerprint density at radius 2 is 1.94 bits per heavy atom. The maximum atomic E-state index is 11.4. The summed E-state index contributed by atoms with van der Waals surface area (Å²) < 4.78 is 5.77. The molecular weight excluding hydrogens is 414 g/mol. The number of aromatic nitrogens is 3. The van der Waals surface area contributed by atoms with Crippen molar-refractivity contribution in [1.29, 1.82) is 0 Å². The Hall–Kier alpha value is -3.90. The van der Waals surface area contributed by atoms with Gasteiger partial charge in [0.1, 0.15) is 5.75 Å². The van der Waals surface area contributed by atoms with Gasteiger partial charge in [-0.2, -0.15) is 4.98 Å². The number of nitrogens with one attached hydrogen (secondary N) is 1. The van der Waals surface area contributed by atoms with Gasteiger partial charge in [-0.05, 0) is 60.5 Å². The van der Waals surface area contributed by atoms with E-state index in [0.717, 1.165) is 27.5 Å². The Morgan fingerprint density at radius 1 is 1.06 bits per heavy atom. The molecule has 0 saturated carbocycles. The first-order valence-electron chi connectivity index (χ1n) is 9.54. The van der Waals surface area contributed by atoms with Crippen molar-refractivity contribution < 1.29 is 14.6 Å². The number of carboxylic acid groups (broad SMARTS) is 1. The molecule has 0 fully saturated rings. The summed E-state index contributed by atoms with van der Waals surface area (Å²) in [6, 6.07) is 18.7. The third kappa shape index (κ3) is 3.58. The highest BCUT2D eigenvalue weighted by atomic mass is 35.5. The molecule has 0 spiro atoms. The molecule has 152 valence electrons. The minimum atomic E-state index is -1.01. The number of imidazole rings is 1. The number of ether oxygens (including phenoxy) is 1. The number of aromatic amines is 1. The second kappa shape index (κ2) is 7.41. The molecule has 0 aliphatic heterocycles. The number of nitrogens with zero attached hydrogens (tertiary/aromatic N) is 2. The molecule has 0 aliphatic rings. The first-order valence-corrected chi connectivity index (χ1v) is 9.92. The molecule has 5 aromatic rings. The number of pyridine rings is 1. The zero-order valence-electron chi connectivity index (χ0n) is 16.4. The Labute approximate surface area is 182 Å². The quantitative estimate of drug-likeness (QED) is 0.353. The van der Waals surface area contributed by atoms with Crippen LogP contribution in [0.15, 0.2) is 66.9 Å². The maximum absolute atomic E-state index is 11.4. The predicted octanol–water partition coefficient (Wildman–Crippen LogP) is 6.23. The zero-order valence-corrected chi connectivity index (χ0v) is 17.1. The molecule has 0 unspecified atom stereocenters. The third-order valence-electron chi connectivity index (χ3n) is 5.12. The molecule has 7 heteroatoms. The minimum absolute atomic E-state index is 0.185. The lowest BCUT2D eigenvalue weighted by atomic mass is 10.0. The van der Waals surface area contributed by atoms with Crippen molar-refractivity contribution in [2.45, 2.75) is 6.92 Å². The van der Waals surface area contributed by atoms with Crippen LogP contribution < -0.4 is 4.74 Å². The number of carbonyl (C=O) groups is 1. The Morgan fingerprint density at radius 3 is 2.77 bits per heavy atom. The number of benzene rings is 3. The molecule has 2 aromatic heterocycles. The highest BCUT2D eigenvalue weighted by Gasteiger charge is 2.13. The topological polar surface area (TPSA) is 88.1 Å². The van der Waals surface area contributed by atoms with Crippen LogP contribution in [0.5, 0.6) is 11.8 Å². The van der Waals surface area contributed by atoms with Crippen LogP contribution in [-0.2, 0) is 0 Å². The van der Waals surface area contributed by atoms with Gasteiger partial charge in [-0.25, -0.2) is 4.79 Å². The summed E-state index contributed by atoms with van der Waals surface area (Å²) >= 11 is 6.56. The molecule has 31 heavy (non-hydrogen) atoms. The van der Waals surface area contributed by atoms with Crippen LogP contribution in [0.2, 0.25) is 5.02 Å². The summed E-state index contributed by atoms with van der Waals surface area (Å²) in [5.41, 5.74) is 4.97. The number of hydrogen-bond donors (Lipinski definition) is 2. The van der Waals surface area contributed by atoms with Gasteiger partial charge in [0.25, 0.3) is 6.01 Å². The standard InChI is InChI=1S/C24H16ClN3O3/c1-13-4-6-16(10-17(13)23(29)30)31-24-27-21-11-18(19(25)12-22(21)28-24)14-5-7-20-15(9-14)3-2-8-26-20/h2-12H,1H3,(H,27,28)(H,29,30). The summed E-state index contributed by atoms with van der Waals surface area (Å²) in [6.07, 6.45) is 1.76. The van der Waals surface area contributed by atoms with E-state index in [1.54, 1.807) is 31.3 Å². The fourth-order valence-corrected chi connectivity index (χ4v) is 3.80. The number of rotatable bonds is 4. The van der Waals surface area contributed by atoms with E-state index in [9.17, 15) is 9.90 Å². The fraction of sp³-hybridized carbons (Fsp3) is 0.0417. The van der Waals surface area contributed by atoms with Gasteiger partial charge < -0.3 is 14.8 Å². The van der Waals surface area contributed by atoms with Crippen molar-refractivity contribution >= 4 is 39.5 Å². The predicted molar refractivity (Wildman–Crippen MR) is 120 cm³/mol. The van der Waals surface area contributed by atoms with Crippen LogP contribution in [0.4, 0.5) is 0 Å². The maximum Gasteiger partial charge on any atom is 0.336 e. The summed E-state index contributed by atoms with van der Waals surface area (Å²) in [4.78, 5) is 23.3. The number of fused-ring (bicyclic) bond motifs is 2. The second-order valence-corrected chi connectivity index (χ2v) is 7.59. The lowest BCUT2D eigenvalue weighted by Gasteiger charge is -2.06. The zero-order chi connectivity index (χ0) is 21.5. The Kier molecular flexibility index (Phi) is 4.56.